The van der Waals surface area contributed by atoms with Gasteiger partial charge in [0.1, 0.15) is 6.07 Å². The molecule has 9 heteroatoms. The van der Waals surface area contributed by atoms with Crippen LogP contribution in [0.15, 0.2) is 4.99 Å². The number of nitrogens with zero attached hydrogens (tertiary/aromatic N) is 2. The zero-order chi connectivity index (χ0) is 18.8. The second-order valence-electron chi connectivity index (χ2n) is 5.54. The largest absolute Gasteiger partial charge is 0.370 e. The third-order valence-electron chi connectivity index (χ3n) is 3.26. The Kier molecular flexibility index (Phi) is 23.2. The number of guanidine groups is 1. The molecule has 0 saturated heterocycles. The number of hydrogen-bond acceptors (Lipinski definition) is 3. The number of rotatable bonds is 12. The van der Waals surface area contributed by atoms with Crippen LogP contribution in [0.5, 0.6) is 0 Å². The molecule has 0 bridgehead atoms. The summed E-state index contributed by atoms with van der Waals surface area (Å²) in [5.41, 5.74) is 15.2. The summed E-state index contributed by atoms with van der Waals surface area (Å²) in [5, 5.41) is 8.12. The molecular weight excluding hydrogens is 473 g/mol. The van der Waals surface area contributed by atoms with E-state index in [2.05, 4.69) is 43.8 Å². The first-order valence-corrected chi connectivity index (χ1v) is 10.0. The van der Waals surface area contributed by atoms with E-state index in [9.17, 15) is 4.79 Å². The Balaban J connectivity index is -0.000000457. The molecule has 0 atom stereocenters. The summed E-state index contributed by atoms with van der Waals surface area (Å²) in [7, 11) is 0. The molecule has 6 nitrogen and oxygen atoms in total. The van der Waals surface area contributed by atoms with E-state index in [1.807, 2.05) is 0 Å². The molecule has 0 heterocycles. The first-order chi connectivity index (χ1) is 11.3. The average molecular weight is 506 g/mol. The van der Waals surface area contributed by atoms with Gasteiger partial charge in [-0.3, -0.25) is 9.79 Å². The summed E-state index contributed by atoms with van der Waals surface area (Å²) >= 11 is 5.45. The van der Waals surface area contributed by atoms with Crippen molar-refractivity contribution in [2.45, 2.75) is 74.4 Å². The van der Waals surface area contributed by atoms with Crippen molar-refractivity contribution in [1.82, 2.24) is 0 Å². The molecule has 1 amide bonds. The number of nitrogens with two attached hydrogens (primary N) is 3. The zero-order valence-electron chi connectivity index (χ0n) is 15.0. The van der Waals surface area contributed by atoms with Gasteiger partial charge in [-0.25, -0.2) is 0 Å². The van der Waals surface area contributed by atoms with E-state index in [-0.39, 0.29) is 18.4 Å². The van der Waals surface area contributed by atoms with Gasteiger partial charge in [-0.15, -0.1) is 12.4 Å². The number of carbonyl (C=O) groups is 1. The number of hydrogen-bond donors (Lipinski definition) is 3. The maximum absolute atomic E-state index is 10.2. The molecule has 148 valence electrons. The second-order valence-corrected chi connectivity index (χ2v) is 8.98. The SMILES string of the molecule is CCCCCCCCCCCCN=C(N)N.Cl.N#CC(Br)(Br)C(N)=O. The van der Waals surface area contributed by atoms with Crippen molar-refractivity contribution in [3.63, 3.8) is 0 Å². The van der Waals surface area contributed by atoms with Gasteiger partial charge in [-0.2, -0.15) is 5.26 Å². The van der Waals surface area contributed by atoms with Crippen molar-refractivity contribution in [3.05, 3.63) is 0 Å². The number of unbranched alkanes of at least 4 members (excludes halogenated alkanes) is 9. The molecule has 0 radical (unpaired) electrons. The number of amides is 1. The lowest BCUT2D eigenvalue weighted by Crippen LogP contribution is -2.30. The maximum Gasteiger partial charge on any atom is 0.259 e. The van der Waals surface area contributed by atoms with Crippen molar-refractivity contribution in [2.24, 2.45) is 22.2 Å². The predicted molar refractivity (Wildman–Crippen MR) is 115 cm³/mol. The lowest BCUT2D eigenvalue weighted by molar-refractivity contribution is -0.117. The minimum atomic E-state index is -1.39. The molecular formula is C16H32Br2ClN5O. The third kappa shape index (κ3) is 23.5. The summed E-state index contributed by atoms with van der Waals surface area (Å²) < 4.78 is -1.39. The molecule has 0 fully saturated rings. The van der Waals surface area contributed by atoms with Gasteiger partial charge >= 0.3 is 0 Å². The lowest BCUT2D eigenvalue weighted by atomic mass is 10.1. The van der Waals surface area contributed by atoms with Crippen LogP contribution in [0.1, 0.15) is 71.1 Å². The summed E-state index contributed by atoms with van der Waals surface area (Å²) in [6, 6.07) is 1.60. The first-order valence-electron chi connectivity index (χ1n) is 8.42. The fourth-order valence-corrected chi connectivity index (χ4v) is 1.86. The summed E-state index contributed by atoms with van der Waals surface area (Å²) in [5.74, 6) is -0.532. The number of primary amides is 1. The van der Waals surface area contributed by atoms with Gasteiger partial charge in [-0.1, -0.05) is 64.7 Å². The highest BCUT2D eigenvalue weighted by Crippen LogP contribution is 2.23. The quantitative estimate of drug-likeness (QED) is 0.160. The van der Waals surface area contributed by atoms with Crippen LogP contribution in [0.2, 0.25) is 0 Å². The Morgan fingerprint density at radius 2 is 1.36 bits per heavy atom. The highest BCUT2D eigenvalue weighted by molar-refractivity contribution is 9.26. The Morgan fingerprint density at radius 1 is 0.960 bits per heavy atom. The molecule has 0 spiro atoms. The fraction of sp³-hybridized carbons (Fsp3) is 0.812. The van der Waals surface area contributed by atoms with Gasteiger partial charge in [0.05, 0.1) is 0 Å². The highest BCUT2D eigenvalue weighted by Gasteiger charge is 2.28. The van der Waals surface area contributed by atoms with Crippen molar-refractivity contribution >= 4 is 56.1 Å². The number of halogens is 3. The van der Waals surface area contributed by atoms with Crippen LogP contribution in [0.3, 0.4) is 0 Å². The number of carbonyl (C=O) groups excluding carboxylic acids is 1. The molecule has 0 aromatic rings. The van der Waals surface area contributed by atoms with Crippen molar-refractivity contribution in [3.8, 4) is 6.07 Å². The Bertz CT molecular complexity index is 396. The van der Waals surface area contributed by atoms with Crippen molar-refractivity contribution in [2.75, 3.05) is 6.54 Å². The van der Waals surface area contributed by atoms with Crippen LogP contribution >= 0.6 is 44.3 Å². The second kappa shape index (κ2) is 19.8. The van der Waals surface area contributed by atoms with E-state index < -0.39 is 9.14 Å². The molecule has 0 rings (SSSR count). The van der Waals surface area contributed by atoms with Crippen LogP contribution in [0.25, 0.3) is 0 Å². The number of alkyl halides is 2. The molecule has 0 aromatic carbocycles. The summed E-state index contributed by atoms with van der Waals surface area (Å²) in [6.45, 7) is 3.05. The molecule has 0 saturated carbocycles. The molecule has 0 aliphatic rings. The Labute approximate surface area is 175 Å². The fourth-order valence-electron chi connectivity index (χ4n) is 1.86. The summed E-state index contributed by atoms with van der Waals surface area (Å²) in [6.07, 6.45) is 13.5. The van der Waals surface area contributed by atoms with Crippen LogP contribution in [-0.2, 0) is 4.79 Å². The van der Waals surface area contributed by atoms with Gasteiger partial charge in [0.25, 0.3) is 5.91 Å². The summed E-state index contributed by atoms with van der Waals surface area (Å²) in [4.78, 5) is 14.1. The first kappa shape index (κ1) is 29.3. The van der Waals surface area contributed by atoms with Gasteiger partial charge in [-0.05, 0) is 38.3 Å². The van der Waals surface area contributed by atoms with Crippen molar-refractivity contribution < 1.29 is 4.79 Å². The Morgan fingerprint density at radius 3 is 1.64 bits per heavy atom. The normalized spacial score (nSPS) is 9.84. The molecule has 0 aliphatic carbocycles. The van der Waals surface area contributed by atoms with Gasteiger partial charge in [0.15, 0.2) is 5.96 Å². The van der Waals surface area contributed by atoms with E-state index in [1.165, 1.54) is 57.8 Å². The number of nitriles is 1. The predicted octanol–water partition coefficient (Wildman–Crippen LogP) is 4.08. The monoisotopic (exact) mass is 503 g/mol. The van der Waals surface area contributed by atoms with E-state index >= 15 is 0 Å². The molecule has 0 aliphatic heterocycles. The zero-order valence-corrected chi connectivity index (χ0v) is 19.0. The van der Waals surface area contributed by atoms with Crippen LogP contribution < -0.4 is 17.2 Å². The average Bonchev–Trinajstić information content (AvgIpc) is 2.52. The van der Waals surface area contributed by atoms with Crippen LogP contribution in [-0.4, -0.2) is 21.6 Å². The minimum Gasteiger partial charge on any atom is -0.370 e. The van der Waals surface area contributed by atoms with Gasteiger partial charge in [0.2, 0.25) is 3.23 Å². The van der Waals surface area contributed by atoms with E-state index in [0.717, 1.165) is 13.0 Å². The van der Waals surface area contributed by atoms with Crippen LogP contribution in [0.4, 0.5) is 0 Å². The maximum atomic E-state index is 10.2. The van der Waals surface area contributed by atoms with E-state index in [1.54, 1.807) is 6.07 Å². The molecule has 25 heavy (non-hydrogen) atoms. The third-order valence-corrected chi connectivity index (χ3v) is 4.39. The number of aliphatic imine (C=N–C) groups is 1. The molecule has 6 N–H and O–H groups in total. The van der Waals surface area contributed by atoms with Gasteiger partial charge in [0, 0.05) is 6.54 Å². The van der Waals surface area contributed by atoms with Crippen LogP contribution in [0, 0.1) is 11.3 Å². The Hall–Kier alpha value is -0.520. The van der Waals surface area contributed by atoms with Gasteiger partial charge < -0.3 is 17.2 Å². The minimum absolute atomic E-state index is 0. The molecule has 0 unspecified atom stereocenters. The van der Waals surface area contributed by atoms with E-state index in [0.29, 0.717) is 0 Å². The van der Waals surface area contributed by atoms with Crippen molar-refractivity contribution in [1.29, 1.82) is 5.26 Å². The van der Waals surface area contributed by atoms with E-state index in [4.69, 9.17) is 22.5 Å². The highest BCUT2D eigenvalue weighted by atomic mass is 79.9. The lowest BCUT2D eigenvalue weighted by Gasteiger charge is -2.01. The standard InChI is InChI=1S/C13H29N3.C3H2Br2N2O.ClH/c1-2-3-4-5-6-7-8-9-10-11-12-16-13(14)15;4-3(5,1-6)2(7)8;/h2-12H2,1H3,(H4,14,15,16);(H2,7,8);1H. The topological polar surface area (TPSA) is 131 Å². The smallest absolute Gasteiger partial charge is 0.259 e. The molecule has 0 aromatic heterocycles.